The zero-order chi connectivity index (χ0) is 24.8. The number of rotatable bonds is 14. The summed E-state index contributed by atoms with van der Waals surface area (Å²) in [5.74, 6) is 1.60. The first-order valence-corrected chi connectivity index (χ1v) is 15.8. The minimum Gasteiger partial charge on any atom is -0.152 e. The maximum atomic E-state index is 2.57. The Hall–Kier alpha value is -1.38. The lowest BCUT2D eigenvalue weighted by atomic mass is 9.82. The molecule has 2 unspecified atom stereocenters. The first kappa shape index (κ1) is 28.9. The molecule has 188 valence electrons. The van der Waals surface area contributed by atoms with E-state index in [-0.39, 0.29) is 0 Å². The summed E-state index contributed by atoms with van der Waals surface area (Å²) in [6, 6.07) is 9.74. The Morgan fingerprint density at radius 1 is 0.647 bits per heavy atom. The molecule has 0 spiro atoms. The van der Waals surface area contributed by atoms with Crippen LogP contribution >= 0.6 is 22.7 Å². The Balaban J connectivity index is 0.00000199. The van der Waals surface area contributed by atoms with E-state index in [2.05, 4.69) is 73.5 Å². The van der Waals surface area contributed by atoms with Crippen molar-refractivity contribution in [3.8, 4) is 22.3 Å². The summed E-state index contributed by atoms with van der Waals surface area (Å²) < 4.78 is 0. The first-order valence-electron chi connectivity index (χ1n) is 13.9. The first-order chi connectivity index (χ1) is 16.7. The Kier molecular flexibility index (Phi) is 13.9. The fourth-order valence-corrected chi connectivity index (χ4v) is 6.20. The highest BCUT2D eigenvalue weighted by molar-refractivity contribution is 7.08. The summed E-state index contributed by atoms with van der Waals surface area (Å²) in [6.07, 6.45) is 13.1. The van der Waals surface area contributed by atoms with Crippen LogP contribution in [0, 0.1) is 11.8 Å². The smallest absolute Gasteiger partial charge is 0.00145 e. The average molecular weight is 497 g/mol. The number of thiophene rings is 2. The van der Waals surface area contributed by atoms with Crippen LogP contribution in [-0.4, -0.2) is 0 Å². The van der Waals surface area contributed by atoms with Gasteiger partial charge in [0, 0.05) is 0 Å². The van der Waals surface area contributed by atoms with Gasteiger partial charge >= 0.3 is 0 Å². The molecule has 3 rings (SSSR count). The zero-order valence-electron chi connectivity index (χ0n) is 22.7. The summed E-state index contributed by atoms with van der Waals surface area (Å²) in [7, 11) is 0. The van der Waals surface area contributed by atoms with Gasteiger partial charge in [-0.3, -0.25) is 0 Å². The van der Waals surface area contributed by atoms with Crippen molar-refractivity contribution in [2.24, 2.45) is 11.8 Å². The van der Waals surface area contributed by atoms with Gasteiger partial charge in [-0.1, -0.05) is 105 Å². The van der Waals surface area contributed by atoms with Gasteiger partial charge in [0.2, 0.25) is 0 Å². The second kappa shape index (κ2) is 16.3. The summed E-state index contributed by atoms with van der Waals surface area (Å²) >= 11 is 3.61. The molecule has 2 heterocycles. The molecule has 1 aromatic carbocycles. The highest BCUT2D eigenvalue weighted by atomic mass is 32.1. The normalized spacial score (nSPS) is 12.8. The molecule has 0 saturated carbocycles. The molecule has 0 fully saturated rings. The molecule has 0 bridgehead atoms. The van der Waals surface area contributed by atoms with Gasteiger partial charge in [0.15, 0.2) is 0 Å². The average Bonchev–Trinajstić information content (AvgIpc) is 3.60. The van der Waals surface area contributed by atoms with Crippen LogP contribution in [0.1, 0.15) is 104 Å². The molecule has 2 aromatic heterocycles. The van der Waals surface area contributed by atoms with Gasteiger partial charge in [-0.15, -0.1) is 0 Å². The maximum Gasteiger partial charge on any atom is -0.00145 e. The van der Waals surface area contributed by atoms with Crippen LogP contribution in [0.25, 0.3) is 22.3 Å². The highest BCUT2D eigenvalue weighted by Crippen LogP contribution is 2.38. The quantitative estimate of drug-likeness (QED) is 0.208. The van der Waals surface area contributed by atoms with Gasteiger partial charge in [-0.05, 0) is 91.7 Å². The second-order valence-electron chi connectivity index (χ2n) is 9.43. The second-order valence-corrected chi connectivity index (χ2v) is 11.0. The fourth-order valence-electron chi connectivity index (χ4n) is 4.89. The van der Waals surface area contributed by atoms with Crippen molar-refractivity contribution in [3.63, 3.8) is 0 Å². The Morgan fingerprint density at radius 2 is 1.06 bits per heavy atom. The zero-order valence-corrected chi connectivity index (χ0v) is 24.3. The van der Waals surface area contributed by atoms with E-state index >= 15 is 0 Å². The molecule has 34 heavy (non-hydrogen) atoms. The minimum absolute atomic E-state index is 0.798. The molecule has 0 aliphatic rings. The molecular formula is C32H48S2. The molecular weight excluding hydrogens is 448 g/mol. The van der Waals surface area contributed by atoms with Gasteiger partial charge in [-0.2, -0.15) is 22.7 Å². The van der Waals surface area contributed by atoms with Crippen LogP contribution < -0.4 is 0 Å². The van der Waals surface area contributed by atoms with Gasteiger partial charge in [-0.25, -0.2) is 0 Å². The van der Waals surface area contributed by atoms with Gasteiger partial charge in [0.1, 0.15) is 0 Å². The third-order valence-corrected chi connectivity index (χ3v) is 8.47. The predicted octanol–water partition coefficient (Wildman–Crippen LogP) is 11.7. The molecule has 0 N–H and O–H groups in total. The van der Waals surface area contributed by atoms with Crippen LogP contribution in [0.15, 0.2) is 45.8 Å². The molecule has 0 aliphatic heterocycles. The lowest BCUT2D eigenvalue weighted by Crippen LogP contribution is -2.10. The van der Waals surface area contributed by atoms with Crippen LogP contribution in [0.2, 0.25) is 0 Å². The summed E-state index contributed by atoms with van der Waals surface area (Å²) in [5.41, 5.74) is 8.84. The van der Waals surface area contributed by atoms with Crippen molar-refractivity contribution in [2.75, 3.05) is 0 Å². The van der Waals surface area contributed by atoms with Crippen molar-refractivity contribution < 1.29 is 0 Å². The van der Waals surface area contributed by atoms with Crippen molar-refractivity contribution in [1.82, 2.24) is 0 Å². The van der Waals surface area contributed by atoms with E-state index < -0.39 is 0 Å². The summed E-state index contributed by atoms with van der Waals surface area (Å²) in [6.45, 7) is 13.4. The van der Waals surface area contributed by atoms with E-state index in [0.29, 0.717) is 0 Å². The number of unbranched alkanes of at least 4 members (excludes halogenated alkanes) is 2. The number of hydrogen-bond acceptors (Lipinski definition) is 2. The van der Waals surface area contributed by atoms with E-state index in [1.807, 2.05) is 13.8 Å². The van der Waals surface area contributed by atoms with Crippen molar-refractivity contribution in [2.45, 2.75) is 106 Å². The predicted molar refractivity (Wildman–Crippen MR) is 158 cm³/mol. The molecule has 0 amide bonds. The SMILES string of the molecule is CC.CCCCC(CC)Cc1cc(-c2ccsc2)c(-c2ccsc2)cc1CC(CC)CCCC. The monoisotopic (exact) mass is 496 g/mol. The van der Waals surface area contributed by atoms with Crippen molar-refractivity contribution >= 4 is 22.7 Å². The van der Waals surface area contributed by atoms with Crippen LogP contribution in [0.5, 0.6) is 0 Å². The summed E-state index contributed by atoms with van der Waals surface area (Å²) in [4.78, 5) is 0. The molecule has 2 atom stereocenters. The van der Waals surface area contributed by atoms with E-state index in [9.17, 15) is 0 Å². The standard InChI is InChI=1S/C30H42S2.C2H6/c1-5-9-11-23(7-3)17-27-19-29(25-13-15-31-21-25)30(26-14-16-32-22-26)20-28(27)18-24(8-4)12-10-6-2;1-2/h13-16,19-24H,5-12,17-18H2,1-4H3;1-2H3. The summed E-state index contributed by atoms with van der Waals surface area (Å²) in [5, 5.41) is 9.07. The van der Waals surface area contributed by atoms with E-state index in [0.717, 1.165) is 11.8 Å². The molecule has 2 heteroatoms. The fraction of sp³-hybridized carbons (Fsp3) is 0.562. The molecule has 0 nitrogen and oxygen atoms in total. The topological polar surface area (TPSA) is 0 Å². The van der Waals surface area contributed by atoms with Crippen LogP contribution in [0.4, 0.5) is 0 Å². The van der Waals surface area contributed by atoms with Gasteiger partial charge in [0.25, 0.3) is 0 Å². The van der Waals surface area contributed by atoms with Crippen LogP contribution in [0.3, 0.4) is 0 Å². The Morgan fingerprint density at radius 3 is 1.35 bits per heavy atom. The van der Waals surface area contributed by atoms with Crippen molar-refractivity contribution in [1.29, 1.82) is 0 Å². The molecule has 0 radical (unpaired) electrons. The molecule has 0 aliphatic carbocycles. The van der Waals surface area contributed by atoms with Gasteiger partial charge in [0.05, 0.1) is 0 Å². The van der Waals surface area contributed by atoms with Gasteiger partial charge < -0.3 is 0 Å². The number of hydrogen-bond donors (Lipinski definition) is 0. The Labute approximate surface area is 218 Å². The third-order valence-electron chi connectivity index (χ3n) is 7.11. The highest BCUT2D eigenvalue weighted by Gasteiger charge is 2.19. The minimum atomic E-state index is 0.798. The van der Waals surface area contributed by atoms with E-state index in [4.69, 9.17) is 0 Å². The lowest BCUT2D eigenvalue weighted by Gasteiger charge is -2.23. The largest absolute Gasteiger partial charge is 0.152 e. The van der Waals surface area contributed by atoms with E-state index in [1.54, 1.807) is 33.8 Å². The van der Waals surface area contributed by atoms with E-state index in [1.165, 1.54) is 86.5 Å². The Bertz CT molecular complexity index is 814. The molecule has 0 saturated heterocycles. The van der Waals surface area contributed by atoms with Crippen LogP contribution in [-0.2, 0) is 12.8 Å². The molecule has 3 aromatic rings. The number of benzene rings is 1. The lowest BCUT2D eigenvalue weighted by molar-refractivity contribution is 0.434. The maximum absolute atomic E-state index is 2.57. The third kappa shape index (κ3) is 8.38. The van der Waals surface area contributed by atoms with Crippen molar-refractivity contribution in [3.05, 3.63) is 56.9 Å².